The molecule has 108 valence electrons. The van der Waals surface area contributed by atoms with Crippen molar-refractivity contribution in [1.29, 1.82) is 0 Å². The van der Waals surface area contributed by atoms with E-state index in [0.29, 0.717) is 28.6 Å². The second-order valence-electron chi connectivity index (χ2n) is 4.22. The SMILES string of the molecule is CCN(CCC(=O)O)C(=O)c1cc(Cl)c2c(c1)OCO2. The van der Waals surface area contributed by atoms with Crippen LogP contribution in [0.5, 0.6) is 11.5 Å². The number of carboxylic acids is 1. The fraction of sp³-hybridized carbons (Fsp3) is 0.385. The van der Waals surface area contributed by atoms with Gasteiger partial charge in [0.25, 0.3) is 5.91 Å². The first-order chi connectivity index (χ1) is 9.52. The van der Waals surface area contributed by atoms with Crippen LogP contribution in [0.2, 0.25) is 5.02 Å². The minimum atomic E-state index is -0.944. The van der Waals surface area contributed by atoms with Crippen LogP contribution in [0.3, 0.4) is 0 Å². The van der Waals surface area contributed by atoms with Gasteiger partial charge in [-0.25, -0.2) is 0 Å². The van der Waals surface area contributed by atoms with Gasteiger partial charge in [-0.15, -0.1) is 0 Å². The van der Waals surface area contributed by atoms with Crippen molar-refractivity contribution in [1.82, 2.24) is 4.90 Å². The van der Waals surface area contributed by atoms with Crippen LogP contribution in [0.25, 0.3) is 0 Å². The van der Waals surface area contributed by atoms with Crippen LogP contribution < -0.4 is 9.47 Å². The number of carboxylic acid groups (broad SMARTS) is 1. The third kappa shape index (κ3) is 2.96. The molecule has 0 fully saturated rings. The number of fused-ring (bicyclic) bond motifs is 1. The smallest absolute Gasteiger partial charge is 0.305 e. The average Bonchev–Trinajstić information content (AvgIpc) is 2.87. The quantitative estimate of drug-likeness (QED) is 0.900. The molecule has 0 unspecified atom stereocenters. The molecule has 1 aromatic rings. The van der Waals surface area contributed by atoms with Gasteiger partial charge in [0.1, 0.15) is 0 Å². The van der Waals surface area contributed by atoms with E-state index < -0.39 is 5.97 Å². The normalized spacial score (nSPS) is 12.3. The number of halogens is 1. The first kappa shape index (κ1) is 14.5. The number of nitrogens with zero attached hydrogens (tertiary/aromatic N) is 1. The van der Waals surface area contributed by atoms with Crippen molar-refractivity contribution in [2.75, 3.05) is 19.9 Å². The van der Waals surface area contributed by atoms with Gasteiger partial charge in [-0.1, -0.05) is 11.6 Å². The van der Waals surface area contributed by atoms with Crippen LogP contribution in [0.15, 0.2) is 12.1 Å². The molecule has 0 saturated carbocycles. The number of aliphatic carboxylic acids is 1. The van der Waals surface area contributed by atoms with E-state index in [1.54, 1.807) is 13.0 Å². The van der Waals surface area contributed by atoms with Crippen molar-refractivity contribution in [2.24, 2.45) is 0 Å². The van der Waals surface area contributed by atoms with E-state index in [1.807, 2.05) is 0 Å². The van der Waals surface area contributed by atoms with Crippen molar-refractivity contribution >= 4 is 23.5 Å². The standard InChI is InChI=1S/C13H14ClNO5/c1-2-15(4-3-11(16)17)13(18)8-5-9(14)12-10(6-8)19-7-20-12/h5-6H,2-4,7H2,1H3,(H,16,17). The fourth-order valence-electron chi connectivity index (χ4n) is 1.91. The molecule has 0 aliphatic carbocycles. The van der Waals surface area contributed by atoms with Crippen molar-refractivity contribution < 1.29 is 24.2 Å². The highest BCUT2D eigenvalue weighted by molar-refractivity contribution is 6.32. The van der Waals surface area contributed by atoms with Gasteiger partial charge in [0.15, 0.2) is 11.5 Å². The molecule has 1 heterocycles. The van der Waals surface area contributed by atoms with Crippen LogP contribution in [0.4, 0.5) is 0 Å². The first-order valence-electron chi connectivity index (χ1n) is 6.13. The summed E-state index contributed by atoms with van der Waals surface area (Å²) in [5, 5.41) is 8.99. The molecule has 7 heteroatoms. The van der Waals surface area contributed by atoms with Crippen LogP contribution in [-0.2, 0) is 4.79 Å². The van der Waals surface area contributed by atoms with Crippen LogP contribution in [0, 0.1) is 0 Å². The zero-order valence-electron chi connectivity index (χ0n) is 10.9. The minimum absolute atomic E-state index is 0.0726. The Labute approximate surface area is 120 Å². The van der Waals surface area contributed by atoms with Gasteiger partial charge in [0.2, 0.25) is 6.79 Å². The molecular formula is C13H14ClNO5. The lowest BCUT2D eigenvalue weighted by molar-refractivity contribution is -0.137. The Bertz CT molecular complexity index is 546. The van der Waals surface area contributed by atoms with E-state index in [-0.39, 0.29) is 25.7 Å². The van der Waals surface area contributed by atoms with Gasteiger partial charge in [0, 0.05) is 18.7 Å². The van der Waals surface area contributed by atoms with Crippen molar-refractivity contribution in [3.05, 3.63) is 22.7 Å². The number of carbonyl (C=O) groups is 2. The van der Waals surface area contributed by atoms with Gasteiger partial charge in [-0.3, -0.25) is 9.59 Å². The van der Waals surface area contributed by atoms with E-state index in [9.17, 15) is 9.59 Å². The highest BCUT2D eigenvalue weighted by atomic mass is 35.5. The van der Waals surface area contributed by atoms with Gasteiger partial charge < -0.3 is 19.5 Å². The molecule has 2 rings (SSSR count). The first-order valence-corrected chi connectivity index (χ1v) is 6.51. The molecular weight excluding hydrogens is 286 g/mol. The van der Waals surface area contributed by atoms with Crippen LogP contribution in [-0.4, -0.2) is 41.8 Å². The van der Waals surface area contributed by atoms with E-state index in [1.165, 1.54) is 11.0 Å². The van der Waals surface area contributed by atoms with Gasteiger partial charge in [0.05, 0.1) is 11.4 Å². The predicted molar refractivity (Wildman–Crippen MR) is 71.4 cm³/mol. The summed E-state index contributed by atoms with van der Waals surface area (Å²) in [6.07, 6.45) is -0.0993. The lowest BCUT2D eigenvalue weighted by Crippen LogP contribution is -2.32. The van der Waals surface area contributed by atoms with Crippen LogP contribution >= 0.6 is 11.6 Å². The Kier molecular flexibility index (Phi) is 4.34. The summed E-state index contributed by atoms with van der Waals surface area (Å²) in [5.41, 5.74) is 0.353. The average molecular weight is 300 g/mol. The predicted octanol–water partition coefficient (Wildman–Crippen LogP) is 2.01. The summed E-state index contributed by atoms with van der Waals surface area (Å²) in [7, 11) is 0. The molecule has 1 aliphatic rings. The van der Waals surface area contributed by atoms with Gasteiger partial charge in [-0.05, 0) is 19.1 Å². The number of rotatable bonds is 5. The molecule has 0 bridgehead atoms. The minimum Gasteiger partial charge on any atom is -0.481 e. The summed E-state index contributed by atoms with van der Waals surface area (Å²) in [4.78, 5) is 24.4. The van der Waals surface area contributed by atoms with Crippen molar-refractivity contribution in [3.63, 3.8) is 0 Å². The Morgan fingerprint density at radius 1 is 1.40 bits per heavy atom. The maximum atomic E-state index is 12.3. The highest BCUT2D eigenvalue weighted by Crippen LogP contribution is 2.40. The summed E-state index contributed by atoms with van der Waals surface area (Å²) in [5.74, 6) is -0.374. The summed E-state index contributed by atoms with van der Waals surface area (Å²) >= 11 is 6.02. The van der Waals surface area contributed by atoms with E-state index >= 15 is 0 Å². The molecule has 0 atom stereocenters. The molecule has 1 aromatic carbocycles. The maximum Gasteiger partial charge on any atom is 0.305 e. The van der Waals surface area contributed by atoms with E-state index in [4.69, 9.17) is 26.2 Å². The lowest BCUT2D eigenvalue weighted by Gasteiger charge is -2.20. The van der Waals surface area contributed by atoms with Gasteiger partial charge >= 0.3 is 5.97 Å². The van der Waals surface area contributed by atoms with E-state index in [0.717, 1.165) is 0 Å². The molecule has 0 saturated heterocycles. The third-order valence-corrected chi connectivity index (χ3v) is 3.22. The zero-order chi connectivity index (χ0) is 14.7. The van der Waals surface area contributed by atoms with Crippen molar-refractivity contribution in [3.8, 4) is 11.5 Å². The number of ether oxygens (including phenoxy) is 2. The number of amides is 1. The summed E-state index contributed by atoms with van der Waals surface area (Å²) in [6.45, 7) is 2.42. The molecule has 6 nitrogen and oxygen atoms in total. The molecule has 0 aromatic heterocycles. The number of benzene rings is 1. The third-order valence-electron chi connectivity index (χ3n) is 2.94. The number of carbonyl (C=O) groups excluding carboxylic acids is 1. The van der Waals surface area contributed by atoms with Gasteiger partial charge in [-0.2, -0.15) is 0 Å². The largest absolute Gasteiger partial charge is 0.481 e. The number of hydrogen-bond acceptors (Lipinski definition) is 4. The monoisotopic (exact) mass is 299 g/mol. The molecule has 0 spiro atoms. The Hall–Kier alpha value is -1.95. The molecule has 0 radical (unpaired) electrons. The molecule has 1 amide bonds. The summed E-state index contributed by atoms with van der Waals surface area (Å²) in [6, 6.07) is 3.06. The van der Waals surface area contributed by atoms with E-state index in [2.05, 4.69) is 0 Å². The fourth-order valence-corrected chi connectivity index (χ4v) is 2.17. The lowest BCUT2D eigenvalue weighted by atomic mass is 10.1. The Balaban J connectivity index is 2.19. The summed E-state index contributed by atoms with van der Waals surface area (Å²) < 4.78 is 10.4. The Morgan fingerprint density at radius 3 is 2.80 bits per heavy atom. The highest BCUT2D eigenvalue weighted by Gasteiger charge is 2.23. The maximum absolute atomic E-state index is 12.3. The second-order valence-corrected chi connectivity index (χ2v) is 4.63. The second kappa shape index (κ2) is 6.00. The van der Waals surface area contributed by atoms with Crippen molar-refractivity contribution in [2.45, 2.75) is 13.3 Å². The van der Waals surface area contributed by atoms with Crippen LogP contribution in [0.1, 0.15) is 23.7 Å². The topological polar surface area (TPSA) is 76.1 Å². The zero-order valence-corrected chi connectivity index (χ0v) is 11.6. The number of hydrogen-bond donors (Lipinski definition) is 1. The Morgan fingerprint density at radius 2 is 2.15 bits per heavy atom. The molecule has 20 heavy (non-hydrogen) atoms. The molecule has 1 N–H and O–H groups in total. The molecule has 1 aliphatic heterocycles.